The van der Waals surface area contributed by atoms with Crippen molar-refractivity contribution in [1.29, 1.82) is 0 Å². The minimum absolute atomic E-state index is 0.0429. The number of para-hydroxylation sites is 1. The molecule has 1 aromatic heterocycles. The summed E-state index contributed by atoms with van der Waals surface area (Å²) < 4.78 is 5.59. The van der Waals surface area contributed by atoms with E-state index in [1.807, 2.05) is 31.2 Å². The number of amides is 1. The van der Waals surface area contributed by atoms with Gasteiger partial charge in [0.15, 0.2) is 0 Å². The fourth-order valence-corrected chi connectivity index (χ4v) is 3.58. The van der Waals surface area contributed by atoms with Crippen molar-refractivity contribution in [1.82, 2.24) is 15.6 Å². The predicted octanol–water partition coefficient (Wildman–Crippen LogP) is 2.30. The van der Waals surface area contributed by atoms with Gasteiger partial charge in [-0.2, -0.15) is 0 Å². The van der Waals surface area contributed by atoms with Gasteiger partial charge in [0.2, 0.25) is 5.91 Å². The summed E-state index contributed by atoms with van der Waals surface area (Å²) in [6, 6.07) is 12.4. The maximum absolute atomic E-state index is 12.5. The first-order valence-corrected chi connectivity index (χ1v) is 9.07. The van der Waals surface area contributed by atoms with Crippen LogP contribution in [-0.2, 0) is 16.0 Å². The highest BCUT2D eigenvalue weighted by atomic mass is 16.5. The van der Waals surface area contributed by atoms with Crippen LogP contribution in [0.2, 0.25) is 0 Å². The van der Waals surface area contributed by atoms with Crippen LogP contribution in [0, 0.1) is 5.92 Å². The van der Waals surface area contributed by atoms with E-state index >= 15 is 0 Å². The van der Waals surface area contributed by atoms with Gasteiger partial charge < -0.3 is 15.4 Å². The Hall–Kier alpha value is -1.98. The zero-order valence-electron chi connectivity index (χ0n) is 15.0. The molecule has 3 rings (SSSR count). The van der Waals surface area contributed by atoms with E-state index in [-0.39, 0.29) is 24.0 Å². The second-order valence-corrected chi connectivity index (χ2v) is 6.73. The monoisotopic (exact) mass is 341 g/mol. The molecule has 5 nitrogen and oxygen atoms in total. The molecule has 0 aliphatic carbocycles. The van der Waals surface area contributed by atoms with Gasteiger partial charge in [-0.15, -0.1) is 0 Å². The fraction of sp³-hybridized carbons (Fsp3) is 0.500. The molecule has 3 unspecified atom stereocenters. The number of pyridine rings is 1. The van der Waals surface area contributed by atoms with Crippen LogP contribution in [0.3, 0.4) is 0 Å². The molecule has 0 bridgehead atoms. The number of fused-ring (bicyclic) bond motifs is 1. The Morgan fingerprint density at radius 3 is 2.96 bits per heavy atom. The summed E-state index contributed by atoms with van der Waals surface area (Å²) in [5.41, 5.74) is 1.99. The van der Waals surface area contributed by atoms with Crippen LogP contribution in [0.25, 0.3) is 10.9 Å². The Labute approximate surface area is 149 Å². The predicted molar refractivity (Wildman–Crippen MR) is 99.4 cm³/mol. The van der Waals surface area contributed by atoms with Crippen molar-refractivity contribution in [2.75, 3.05) is 20.2 Å². The van der Waals surface area contributed by atoms with Crippen molar-refractivity contribution in [2.45, 2.75) is 38.3 Å². The Morgan fingerprint density at radius 2 is 2.20 bits per heavy atom. The highest BCUT2D eigenvalue weighted by molar-refractivity contribution is 5.79. The summed E-state index contributed by atoms with van der Waals surface area (Å²) in [5.74, 6) is -0.133. The first-order valence-electron chi connectivity index (χ1n) is 9.07. The van der Waals surface area contributed by atoms with Gasteiger partial charge in [0, 0.05) is 37.2 Å². The number of carbonyl (C=O) groups is 1. The molecule has 1 aliphatic rings. The smallest absolute Gasteiger partial charge is 0.225 e. The van der Waals surface area contributed by atoms with Crippen LogP contribution in [0.1, 0.15) is 25.5 Å². The molecule has 0 spiro atoms. The van der Waals surface area contributed by atoms with Crippen LogP contribution in [0.15, 0.2) is 36.4 Å². The maximum Gasteiger partial charge on any atom is 0.225 e. The van der Waals surface area contributed by atoms with Gasteiger partial charge >= 0.3 is 0 Å². The molecule has 1 fully saturated rings. The fourth-order valence-electron chi connectivity index (χ4n) is 3.58. The average Bonchev–Trinajstić information content (AvgIpc) is 3.16. The number of benzene rings is 1. The number of rotatable bonds is 7. The molecular weight excluding hydrogens is 314 g/mol. The third-order valence-electron chi connectivity index (χ3n) is 5.01. The van der Waals surface area contributed by atoms with Gasteiger partial charge in [0.25, 0.3) is 0 Å². The molecule has 1 saturated heterocycles. The van der Waals surface area contributed by atoms with E-state index in [2.05, 4.69) is 27.8 Å². The molecule has 5 heteroatoms. The van der Waals surface area contributed by atoms with E-state index in [4.69, 9.17) is 4.74 Å². The van der Waals surface area contributed by atoms with E-state index in [1.54, 1.807) is 7.11 Å². The highest BCUT2D eigenvalue weighted by Crippen LogP contribution is 2.19. The molecule has 1 amide bonds. The highest BCUT2D eigenvalue weighted by Gasteiger charge is 2.32. The minimum Gasteiger partial charge on any atom is -0.379 e. The van der Waals surface area contributed by atoms with Crippen LogP contribution < -0.4 is 10.6 Å². The second kappa shape index (κ2) is 8.41. The van der Waals surface area contributed by atoms with Crippen molar-refractivity contribution in [3.63, 3.8) is 0 Å². The third kappa shape index (κ3) is 4.35. The number of hydrogen-bond donors (Lipinski definition) is 2. The molecule has 2 heterocycles. The number of hydrogen-bond acceptors (Lipinski definition) is 4. The van der Waals surface area contributed by atoms with Crippen molar-refractivity contribution in [3.8, 4) is 0 Å². The van der Waals surface area contributed by atoms with Crippen molar-refractivity contribution in [2.24, 2.45) is 5.92 Å². The van der Waals surface area contributed by atoms with E-state index in [0.717, 1.165) is 42.4 Å². The molecule has 3 atom stereocenters. The van der Waals surface area contributed by atoms with Gasteiger partial charge in [-0.25, -0.2) is 0 Å². The lowest BCUT2D eigenvalue weighted by Crippen LogP contribution is -2.46. The Bertz CT molecular complexity index is 713. The molecule has 0 radical (unpaired) electrons. The van der Waals surface area contributed by atoms with E-state index < -0.39 is 0 Å². The minimum atomic E-state index is -0.176. The third-order valence-corrected chi connectivity index (χ3v) is 5.01. The summed E-state index contributed by atoms with van der Waals surface area (Å²) in [4.78, 5) is 17.1. The van der Waals surface area contributed by atoms with Gasteiger partial charge in [-0.3, -0.25) is 9.78 Å². The van der Waals surface area contributed by atoms with Crippen molar-refractivity contribution in [3.05, 3.63) is 42.1 Å². The molecule has 1 aromatic carbocycles. The van der Waals surface area contributed by atoms with Crippen LogP contribution in [-0.4, -0.2) is 43.2 Å². The van der Waals surface area contributed by atoms with Crippen molar-refractivity contribution >= 4 is 16.8 Å². The normalized spacial score (nSPS) is 19.7. The summed E-state index contributed by atoms with van der Waals surface area (Å²) in [7, 11) is 1.69. The number of aromatic nitrogens is 1. The van der Waals surface area contributed by atoms with Crippen LogP contribution in [0.4, 0.5) is 0 Å². The zero-order chi connectivity index (χ0) is 17.6. The topological polar surface area (TPSA) is 63.2 Å². The van der Waals surface area contributed by atoms with E-state index in [0.29, 0.717) is 6.54 Å². The summed E-state index contributed by atoms with van der Waals surface area (Å²) in [6.45, 7) is 3.54. The SMILES string of the molecule is COC(C1CCCN1)C(C)C(=O)NCCc1ccc2ccccc2n1. The number of nitrogens with one attached hydrogen (secondary N) is 2. The number of carbonyl (C=O) groups excluding carboxylic acids is 1. The second-order valence-electron chi connectivity index (χ2n) is 6.73. The lowest BCUT2D eigenvalue weighted by molar-refractivity contribution is -0.129. The summed E-state index contributed by atoms with van der Waals surface area (Å²) in [6.07, 6.45) is 2.85. The maximum atomic E-state index is 12.5. The first-order chi connectivity index (χ1) is 12.2. The lowest BCUT2D eigenvalue weighted by Gasteiger charge is -2.27. The molecule has 2 N–H and O–H groups in total. The van der Waals surface area contributed by atoms with Gasteiger partial charge in [0.05, 0.1) is 17.5 Å². The largest absolute Gasteiger partial charge is 0.379 e. The quantitative estimate of drug-likeness (QED) is 0.811. The first kappa shape index (κ1) is 17.8. The summed E-state index contributed by atoms with van der Waals surface area (Å²) >= 11 is 0. The Morgan fingerprint density at radius 1 is 1.36 bits per heavy atom. The van der Waals surface area contributed by atoms with E-state index in [9.17, 15) is 4.79 Å². The summed E-state index contributed by atoms with van der Waals surface area (Å²) in [5, 5.41) is 7.59. The Balaban J connectivity index is 1.52. The molecule has 25 heavy (non-hydrogen) atoms. The van der Waals surface area contributed by atoms with Gasteiger partial charge in [-0.05, 0) is 31.5 Å². The van der Waals surface area contributed by atoms with Gasteiger partial charge in [-0.1, -0.05) is 31.2 Å². The standard InChI is InChI=1S/C20H27N3O2/c1-14(19(25-2)18-8-5-12-21-18)20(24)22-13-11-16-10-9-15-6-3-4-7-17(15)23-16/h3-4,6-7,9-10,14,18-19,21H,5,8,11-13H2,1-2H3,(H,22,24). The molecule has 0 saturated carbocycles. The molecular formula is C20H27N3O2. The van der Waals surface area contributed by atoms with Gasteiger partial charge in [0.1, 0.15) is 0 Å². The average molecular weight is 341 g/mol. The van der Waals surface area contributed by atoms with E-state index in [1.165, 1.54) is 0 Å². The molecule has 1 aliphatic heterocycles. The Kier molecular flexibility index (Phi) is 6.00. The van der Waals surface area contributed by atoms with Crippen LogP contribution in [0.5, 0.6) is 0 Å². The lowest BCUT2D eigenvalue weighted by atomic mass is 9.95. The van der Waals surface area contributed by atoms with Crippen molar-refractivity contribution < 1.29 is 9.53 Å². The molecule has 2 aromatic rings. The zero-order valence-corrected chi connectivity index (χ0v) is 15.0. The molecule has 134 valence electrons. The number of methoxy groups -OCH3 is 1. The van der Waals surface area contributed by atoms with Crippen LogP contribution >= 0.6 is 0 Å². The number of nitrogens with zero attached hydrogens (tertiary/aromatic N) is 1. The number of ether oxygens (including phenoxy) is 1.